The molecule has 3 rings (SSSR count). The molecule has 0 amide bonds. The molecule has 0 spiro atoms. The maximum absolute atomic E-state index is 12.9. The van der Waals surface area contributed by atoms with E-state index >= 15 is 0 Å². The second-order valence-electron chi connectivity index (χ2n) is 6.01. The molecule has 124 valence electrons. The van der Waals surface area contributed by atoms with Crippen LogP contribution in [0, 0.1) is 0 Å². The Hall–Kier alpha value is -1.12. The van der Waals surface area contributed by atoms with Crippen LogP contribution in [0.4, 0.5) is 13.2 Å². The van der Waals surface area contributed by atoms with E-state index in [0.717, 1.165) is 39.4 Å². The summed E-state index contributed by atoms with van der Waals surface area (Å²) >= 11 is 0. The van der Waals surface area contributed by atoms with Crippen molar-refractivity contribution in [2.75, 3.05) is 39.4 Å². The normalized spacial score (nSPS) is 24.5. The van der Waals surface area contributed by atoms with Gasteiger partial charge in [-0.05, 0) is 6.92 Å². The van der Waals surface area contributed by atoms with E-state index in [-0.39, 0.29) is 0 Å². The minimum atomic E-state index is -4.38. The Balaban J connectivity index is 1.60. The molecule has 0 bridgehead atoms. The van der Waals surface area contributed by atoms with Gasteiger partial charge in [0.1, 0.15) is 0 Å². The van der Waals surface area contributed by atoms with E-state index in [1.807, 2.05) is 0 Å². The second-order valence-corrected chi connectivity index (χ2v) is 6.01. The van der Waals surface area contributed by atoms with Gasteiger partial charge in [-0.25, -0.2) is 0 Å². The lowest BCUT2D eigenvalue weighted by Gasteiger charge is -2.35. The van der Waals surface area contributed by atoms with E-state index in [4.69, 9.17) is 4.74 Å². The standard InChI is InChI=1S/C14H21F3N4O/c1-10-9-22-7-6-21(10)5-4-20-3-2-12-11(8-20)13(19-18-12)14(15,16)17/h10H,2-9H2,1H3,(H,18,19). The molecule has 22 heavy (non-hydrogen) atoms. The Labute approximate surface area is 127 Å². The summed E-state index contributed by atoms with van der Waals surface area (Å²) in [6, 6.07) is 0.369. The first-order valence-corrected chi connectivity index (χ1v) is 7.62. The first-order valence-electron chi connectivity index (χ1n) is 7.62. The van der Waals surface area contributed by atoms with Crippen molar-refractivity contribution < 1.29 is 17.9 Å². The molecule has 0 saturated carbocycles. The molecule has 0 aliphatic carbocycles. The summed E-state index contributed by atoms with van der Waals surface area (Å²) in [6.07, 6.45) is -3.79. The molecule has 1 atom stereocenters. The van der Waals surface area contributed by atoms with E-state index in [1.54, 1.807) is 0 Å². The topological polar surface area (TPSA) is 44.4 Å². The first-order chi connectivity index (χ1) is 10.4. The number of nitrogens with zero attached hydrogens (tertiary/aromatic N) is 3. The van der Waals surface area contributed by atoms with Crippen molar-refractivity contribution in [1.29, 1.82) is 0 Å². The van der Waals surface area contributed by atoms with E-state index in [0.29, 0.717) is 30.3 Å². The fourth-order valence-electron chi connectivity index (χ4n) is 3.14. The van der Waals surface area contributed by atoms with E-state index in [9.17, 15) is 13.2 Å². The van der Waals surface area contributed by atoms with Crippen molar-refractivity contribution in [2.24, 2.45) is 0 Å². The van der Waals surface area contributed by atoms with Crippen molar-refractivity contribution in [3.63, 3.8) is 0 Å². The Kier molecular flexibility index (Phi) is 4.42. The molecule has 1 saturated heterocycles. The molecule has 0 aromatic carbocycles. The Morgan fingerprint density at radius 3 is 2.86 bits per heavy atom. The predicted octanol–water partition coefficient (Wildman–Crippen LogP) is 1.51. The van der Waals surface area contributed by atoms with Crippen LogP contribution in [0.1, 0.15) is 23.9 Å². The van der Waals surface area contributed by atoms with Gasteiger partial charge < -0.3 is 4.74 Å². The van der Waals surface area contributed by atoms with Crippen LogP contribution in [0.5, 0.6) is 0 Å². The number of aromatic amines is 1. The van der Waals surface area contributed by atoms with Crippen molar-refractivity contribution in [3.8, 4) is 0 Å². The molecular weight excluding hydrogens is 297 g/mol. The summed E-state index contributed by atoms with van der Waals surface area (Å²) in [5, 5.41) is 6.00. The number of morpholine rings is 1. The Bertz CT molecular complexity index is 517. The second kappa shape index (κ2) is 6.17. The minimum absolute atomic E-state index is 0.314. The lowest BCUT2D eigenvalue weighted by molar-refractivity contribution is -0.142. The van der Waals surface area contributed by atoms with Crippen molar-refractivity contribution in [2.45, 2.75) is 32.1 Å². The zero-order chi connectivity index (χ0) is 15.7. The molecule has 0 radical (unpaired) electrons. The van der Waals surface area contributed by atoms with Gasteiger partial charge in [0.15, 0.2) is 5.69 Å². The van der Waals surface area contributed by atoms with Gasteiger partial charge in [0.2, 0.25) is 0 Å². The lowest BCUT2D eigenvalue weighted by Crippen LogP contribution is -2.47. The molecule has 1 fully saturated rings. The number of halogens is 3. The maximum Gasteiger partial charge on any atom is 0.435 e. The van der Waals surface area contributed by atoms with Crippen molar-refractivity contribution in [1.82, 2.24) is 20.0 Å². The number of nitrogens with one attached hydrogen (secondary N) is 1. The van der Waals surface area contributed by atoms with Crippen LogP contribution in [0.2, 0.25) is 0 Å². The van der Waals surface area contributed by atoms with E-state index in [1.165, 1.54) is 0 Å². The van der Waals surface area contributed by atoms with E-state index < -0.39 is 11.9 Å². The summed E-state index contributed by atoms with van der Waals surface area (Å²) in [5.74, 6) is 0. The van der Waals surface area contributed by atoms with Gasteiger partial charge in [0.05, 0.1) is 13.2 Å². The molecule has 2 aliphatic heterocycles. The monoisotopic (exact) mass is 318 g/mol. The number of hydrogen-bond acceptors (Lipinski definition) is 4. The summed E-state index contributed by atoms with van der Waals surface area (Å²) in [4.78, 5) is 4.41. The Morgan fingerprint density at radius 1 is 1.32 bits per heavy atom. The van der Waals surface area contributed by atoms with Crippen LogP contribution < -0.4 is 0 Å². The summed E-state index contributed by atoms with van der Waals surface area (Å²) in [5.41, 5.74) is 0.184. The van der Waals surface area contributed by atoms with Gasteiger partial charge in [0, 0.05) is 56.4 Å². The number of alkyl halides is 3. The van der Waals surface area contributed by atoms with Gasteiger partial charge in [-0.15, -0.1) is 0 Å². The summed E-state index contributed by atoms with van der Waals surface area (Å²) in [6.45, 7) is 7.18. The third kappa shape index (κ3) is 3.28. The number of hydrogen-bond donors (Lipinski definition) is 1. The molecule has 1 aromatic rings. The average Bonchev–Trinajstić information content (AvgIpc) is 2.89. The van der Waals surface area contributed by atoms with Crippen LogP contribution in [0.3, 0.4) is 0 Å². The van der Waals surface area contributed by atoms with Crippen molar-refractivity contribution >= 4 is 0 Å². The van der Waals surface area contributed by atoms with E-state index in [2.05, 4.69) is 26.9 Å². The van der Waals surface area contributed by atoms with Crippen molar-refractivity contribution in [3.05, 3.63) is 17.0 Å². The van der Waals surface area contributed by atoms with Gasteiger partial charge >= 0.3 is 6.18 Å². The highest BCUT2D eigenvalue weighted by atomic mass is 19.4. The number of ether oxygens (including phenoxy) is 1. The molecule has 1 aromatic heterocycles. The molecule has 8 heteroatoms. The highest BCUT2D eigenvalue weighted by Crippen LogP contribution is 2.33. The largest absolute Gasteiger partial charge is 0.435 e. The Morgan fingerprint density at radius 2 is 2.14 bits per heavy atom. The lowest BCUT2D eigenvalue weighted by atomic mass is 10.1. The number of H-pyrrole nitrogens is 1. The van der Waals surface area contributed by atoms with Crippen LogP contribution in [-0.2, 0) is 23.9 Å². The molecule has 5 nitrogen and oxygen atoms in total. The number of fused-ring (bicyclic) bond motifs is 1. The molecule has 2 aliphatic rings. The highest BCUT2D eigenvalue weighted by Gasteiger charge is 2.39. The fourth-order valence-corrected chi connectivity index (χ4v) is 3.14. The zero-order valence-corrected chi connectivity index (χ0v) is 12.6. The van der Waals surface area contributed by atoms with Gasteiger partial charge in [0.25, 0.3) is 0 Å². The third-order valence-corrected chi connectivity index (χ3v) is 4.49. The smallest absolute Gasteiger partial charge is 0.379 e. The predicted molar refractivity (Wildman–Crippen MR) is 74.4 cm³/mol. The number of aromatic nitrogens is 2. The van der Waals surface area contributed by atoms with Crippen LogP contribution in [0.15, 0.2) is 0 Å². The third-order valence-electron chi connectivity index (χ3n) is 4.49. The maximum atomic E-state index is 12.9. The van der Waals surface area contributed by atoms with Crippen LogP contribution in [-0.4, -0.2) is 65.4 Å². The van der Waals surface area contributed by atoms with Crippen LogP contribution >= 0.6 is 0 Å². The highest BCUT2D eigenvalue weighted by molar-refractivity contribution is 5.29. The summed E-state index contributed by atoms with van der Waals surface area (Å²) < 4.78 is 44.2. The molecular formula is C14H21F3N4O. The number of rotatable bonds is 3. The first kappa shape index (κ1) is 15.8. The summed E-state index contributed by atoms with van der Waals surface area (Å²) in [7, 11) is 0. The van der Waals surface area contributed by atoms with Crippen LogP contribution in [0.25, 0.3) is 0 Å². The molecule has 1 unspecified atom stereocenters. The fraction of sp³-hybridized carbons (Fsp3) is 0.786. The SMILES string of the molecule is CC1COCCN1CCN1CCc2[nH]nc(C(F)(F)F)c2C1. The quantitative estimate of drug-likeness (QED) is 0.917. The van der Waals surface area contributed by atoms with Gasteiger partial charge in [-0.3, -0.25) is 14.9 Å². The van der Waals surface area contributed by atoms with Gasteiger partial charge in [-0.2, -0.15) is 18.3 Å². The molecule has 3 heterocycles. The zero-order valence-electron chi connectivity index (χ0n) is 12.6. The van der Waals surface area contributed by atoms with Gasteiger partial charge in [-0.1, -0.05) is 0 Å². The average molecular weight is 318 g/mol. The minimum Gasteiger partial charge on any atom is -0.379 e. The molecule has 1 N–H and O–H groups in total.